The minimum absolute atomic E-state index is 0.00672. The second-order valence-electron chi connectivity index (χ2n) is 3.51. The molecule has 0 bridgehead atoms. The monoisotopic (exact) mass is 309 g/mol. The molecule has 0 saturated heterocycles. The first-order valence-corrected chi connectivity index (χ1v) is 5.94. The fourth-order valence-corrected chi connectivity index (χ4v) is 1.70. The zero-order valence-electron chi connectivity index (χ0n) is 9.23. The Hall–Kier alpha value is -1.82. The zero-order chi connectivity index (χ0) is 13.0. The van der Waals surface area contributed by atoms with Crippen molar-refractivity contribution >= 4 is 21.8 Å². The van der Waals surface area contributed by atoms with Crippen LogP contribution in [0.1, 0.15) is 16.1 Å². The summed E-state index contributed by atoms with van der Waals surface area (Å²) in [4.78, 5) is 19.5. The first-order valence-electron chi connectivity index (χ1n) is 5.15. The van der Waals surface area contributed by atoms with Crippen LogP contribution < -0.4 is 5.32 Å². The Morgan fingerprint density at radius 1 is 1.39 bits per heavy atom. The number of hydrogen-bond donors (Lipinski definition) is 1. The van der Waals surface area contributed by atoms with Crippen LogP contribution in [0.2, 0.25) is 0 Å². The Morgan fingerprint density at radius 2 is 2.22 bits per heavy atom. The number of carbonyl (C=O) groups excluding carboxylic acids is 1. The van der Waals surface area contributed by atoms with E-state index < -0.39 is 11.7 Å². The molecule has 0 spiro atoms. The molecule has 0 radical (unpaired) electrons. The van der Waals surface area contributed by atoms with Gasteiger partial charge in [-0.2, -0.15) is 0 Å². The van der Waals surface area contributed by atoms with Crippen LogP contribution in [-0.2, 0) is 6.54 Å². The largest absolute Gasteiger partial charge is 0.346 e. The maximum Gasteiger partial charge on any atom is 0.254 e. The van der Waals surface area contributed by atoms with E-state index in [-0.39, 0.29) is 12.1 Å². The van der Waals surface area contributed by atoms with Crippen LogP contribution in [0.4, 0.5) is 4.39 Å². The van der Waals surface area contributed by atoms with Gasteiger partial charge in [-0.05, 0) is 24.3 Å². The number of aromatic nitrogens is 2. The van der Waals surface area contributed by atoms with Gasteiger partial charge >= 0.3 is 0 Å². The summed E-state index contributed by atoms with van der Waals surface area (Å²) in [6.45, 7) is 0.233. The molecule has 18 heavy (non-hydrogen) atoms. The lowest BCUT2D eigenvalue weighted by atomic mass is 10.2. The summed E-state index contributed by atoms with van der Waals surface area (Å²) >= 11 is 3.13. The van der Waals surface area contributed by atoms with Crippen molar-refractivity contribution in [1.29, 1.82) is 0 Å². The molecule has 1 N–H and O–H groups in total. The Labute approximate surface area is 111 Å². The highest BCUT2D eigenvalue weighted by Crippen LogP contribution is 2.15. The lowest BCUT2D eigenvalue weighted by molar-refractivity contribution is 0.0946. The van der Waals surface area contributed by atoms with Crippen LogP contribution in [0.15, 0.2) is 41.3 Å². The van der Waals surface area contributed by atoms with Gasteiger partial charge in [0.05, 0.1) is 17.8 Å². The molecule has 0 fully saturated rings. The van der Waals surface area contributed by atoms with E-state index in [1.807, 2.05) is 0 Å². The number of hydrogen-bond acceptors (Lipinski definition) is 3. The minimum atomic E-state index is -0.565. The highest BCUT2D eigenvalue weighted by Gasteiger charge is 2.11. The summed E-state index contributed by atoms with van der Waals surface area (Å²) < 4.78 is 14.1. The molecule has 0 unspecified atom stereocenters. The van der Waals surface area contributed by atoms with Gasteiger partial charge in [0.1, 0.15) is 12.1 Å². The highest BCUT2D eigenvalue weighted by molar-refractivity contribution is 9.10. The van der Waals surface area contributed by atoms with Crippen molar-refractivity contribution in [2.24, 2.45) is 0 Å². The molecule has 0 aliphatic carbocycles. The van der Waals surface area contributed by atoms with Crippen molar-refractivity contribution < 1.29 is 9.18 Å². The third-order valence-electron chi connectivity index (χ3n) is 2.25. The number of nitrogens with zero attached hydrogens (tertiary/aromatic N) is 2. The average Bonchev–Trinajstić information content (AvgIpc) is 2.37. The smallest absolute Gasteiger partial charge is 0.254 e. The quantitative estimate of drug-likeness (QED) is 0.946. The summed E-state index contributed by atoms with van der Waals surface area (Å²) in [6, 6.07) is 5.97. The minimum Gasteiger partial charge on any atom is -0.346 e. The van der Waals surface area contributed by atoms with Crippen molar-refractivity contribution in [3.63, 3.8) is 0 Å². The molecule has 1 amide bonds. The second kappa shape index (κ2) is 5.68. The molecule has 4 nitrogen and oxygen atoms in total. The van der Waals surface area contributed by atoms with E-state index in [2.05, 4.69) is 31.2 Å². The molecule has 6 heteroatoms. The Morgan fingerprint density at radius 3 is 2.89 bits per heavy atom. The fraction of sp³-hybridized carbons (Fsp3) is 0.0833. The van der Waals surface area contributed by atoms with Crippen LogP contribution in [0.5, 0.6) is 0 Å². The molecule has 0 aliphatic heterocycles. The summed E-state index contributed by atoms with van der Waals surface area (Å²) in [5.74, 6) is -1.04. The predicted molar refractivity (Wildman–Crippen MR) is 67.3 cm³/mol. The van der Waals surface area contributed by atoms with Gasteiger partial charge in [0, 0.05) is 10.7 Å². The molecule has 1 aromatic heterocycles. The molecule has 92 valence electrons. The Bertz CT molecular complexity index is 563. The van der Waals surface area contributed by atoms with Gasteiger partial charge in [0.2, 0.25) is 0 Å². The fourth-order valence-electron chi connectivity index (χ4n) is 1.36. The third kappa shape index (κ3) is 3.10. The van der Waals surface area contributed by atoms with Crippen LogP contribution >= 0.6 is 15.9 Å². The second-order valence-corrected chi connectivity index (χ2v) is 4.42. The maximum absolute atomic E-state index is 13.5. The van der Waals surface area contributed by atoms with Crippen molar-refractivity contribution in [3.8, 4) is 0 Å². The molecule has 1 aromatic carbocycles. The number of rotatable bonds is 3. The van der Waals surface area contributed by atoms with Gasteiger partial charge in [0.15, 0.2) is 0 Å². The molecular weight excluding hydrogens is 301 g/mol. The van der Waals surface area contributed by atoms with Crippen molar-refractivity contribution in [1.82, 2.24) is 15.3 Å². The summed E-state index contributed by atoms with van der Waals surface area (Å²) in [7, 11) is 0. The average molecular weight is 310 g/mol. The first kappa shape index (κ1) is 12.6. The van der Waals surface area contributed by atoms with Crippen LogP contribution in [-0.4, -0.2) is 15.9 Å². The topological polar surface area (TPSA) is 54.9 Å². The van der Waals surface area contributed by atoms with E-state index >= 15 is 0 Å². The van der Waals surface area contributed by atoms with Gasteiger partial charge in [-0.15, -0.1) is 0 Å². The van der Waals surface area contributed by atoms with Gasteiger partial charge in [-0.3, -0.25) is 4.79 Å². The number of amides is 1. The van der Waals surface area contributed by atoms with Gasteiger partial charge in [-0.25, -0.2) is 14.4 Å². The van der Waals surface area contributed by atoms with Crippen LogP contribution in [0.25, 0.3) is 0 Å². The highest BCUT2D eigenvalue weighted by atomic mass is 79.9. The number of nitrogens with one attached hydrogen (secondary N) is 1. The Balaban J connectivity index is 2.04. The van der Waals surface area contributed by atoms with E-state index in [9.17, 15) is 9.18 Å². The van der Waals surface area contributed by atoms with Gasteiger partial charge in [-0.1, -0.05) is 15.9 Å². The predicted octanol–water partition coefficient (Wildman–Crippen LogP) is 2.31. The number of carbonyl (C=O) groups is 1. The number of benzene rings is 1. The van der Waals surface area contributed by atoms with E-state index in [0.717, 1.165) is 0 Å². The van der Waals surface area contributed by atoms with Crippen molar-refractivity contribution in [3.05, 3.63) is 58.3 Å². The maximum atomic E-state index is 13.5. The van der Waals surface area contributed by atoms with Crippen LogP contribution in [0.3, 0.4) is 0 Å². The van der Waals surface area contributed by atoms with Crippen LogP contribution in [0, 0.1) is 5.82 Å². The summed E-state index contributed by atoms with van der Waals surface area (Å²) in [5.41, 5.74) is 0.670. The summed E-state index contributed by atoms with van der Waals surface area (Å²) in [5, 5.41) is 2.59. The van der Waals surface area contributed by atoms with E-state index in [1.165, 1.54) is 18.5 Å². The molecule has 0 aliphatic rings. The molecular formula is C12H9BrFN3O. The molecule has 2 aromatic rings. The normalized spacial score (nSPS) is 10.1. The SMILES string of the molecule is O=C(NCc1ccncn1)c1ccc(Br)cc1F. The standard InChI is InChI=1S/C12H9BrFN3O/c13-8-1-2-10(11(14)5-8)12(18)16-6-9-3-4-15-7-17-9/h1-5,7H,6H2,(H,16,18). The Kier molecular flexibility index (Phi) is 3.99. The zero-order valence-corrected chi connectivity index (χ0v) is 10.8. The molecule has 1 heterocycles. The first-order chi connectivity index (χ1) is 8.66. The van der Waals surface area contributed by atoms with Gasteiger partial charge < -0.3 is 5.32 Å². The number of halogens is 2. The molecule has 0 atom stereocenters. The molecule has 2 rings (SSSR count). The lowest BCUT2D eigenvalue weighted by Gasteiger charge is -2.05. The lowest BCUT2D eigenvalue weighted by Crippen LogP contribution is -2.24. The van der Waals surface area contributed by atoms with Crippen molar-refractivity contribution in [2.45, 2.75) is 6.54 Å². The van der Waals surface area contributed by atoms with E-state index in [4.69, 9.17) is 0 Å². The van der Waals surface area contributed by atoms with Gasteiger partial charge in [0.25, 0.3) is 5.91 Å². The van der Waals surface area contributed by atoms with E-state index in [1.54, 1.807) is 18.3 Å². The third-order valence-corrected chi connectivity index (χ3v) is 2.74. The summed E-state index contributed by atoms with van der Waals surface area (Å²) in [6.07, 6.45) is 2.97. The molecule has 0 saturated carbocycles. The van der Waals surface area contributed by atoms with E-state index in [0.29, 0.717) is 10.2 Å². The van der Waals surface area contributed by atoms with Crippen molar-refractivity contribution in [2.75, 3.05) is 0 Å².